The molecule has 17 heavy (non-hydrogen) atoms. The molecular formula is C11H12ClN5. The van der Waals surface area contributed by atoms with Gasteiger partial charge in [-0.15, -0.1) is 0 Å². The van der Waals surface area contributed by atoms with Crippen LogP contribution in [-0.2, 0) is 0 Å². The Balaban J connectivity index is 1.84. The van der Waals surface area contributed by atoms with Crippen LogP contribution in [0.3, 0.4) is 0 Å². The molecule has 1 saturated carbocycles. The number of fused-ring (bicyclic) bond motifs is 3. The number of hydrogen-bond acceptors (Lipinski definition) is 4. The van der Waals surface area contributed by atoms with E-state index in [2.05, 4.69) is 24.8 Å². The molecule has 4 rings (SSSR count). The van der Waals surface area contributed by atoms with E-state index in [1.165, 1.54) is 12.7 Å². The van der Waals surface area contributed by atoms with E-state index in [4.69, 9.17) is 11.6 Å². The van der Waals surface area contributed by atoms with E-state index in [0.29, 0.717) is 28.7 Å². The standard InChI is InChI=1S/C11H12ClN5/c12-10-9-11(15-4-14-10)17(5-16-9)8-2-7-1-6(8)3-13-7/h4-8,13H,1-3H2/t6-,7-,8?/m1/s1. The fourth-order valence-corrected chi connectivity index (χ4v) is 3.39. The Hall–Kier alpha value is -1.20. The highest BCUT2D eigenvalue weighted by atomic mass is 35.5. The summed E-state index contributed by atoms with van der Waals surface area (Å²) >= 11 is 6.02. The summed E-state index contributed by atoms with van der Waals surface area (Å²) in [4.78, 5) is 12.6. The Morgan fingerprint density at radius 2 is 2.24 bits per heavy atom. The largest absolute Gasteiger partial charge is 0.314 e. The lowest BCUT2D eigenvalue weighted by Gasteiger charge is -2.23. The van der Waals surface area contributed by atoms with Crippen molar-refractivity contribution < 1.29 is 0 Å². The lowest BCUT2D eigenvalue weighted by atomic mass is 10.0. The van der Waals surface area contributed by atoms with Gasteiger partial charge in [-0.3, -0.25) is 0 Å². The van der Waals surface area contributed by atoms with Crippen molar-refractivity contribution in [1.29, 1.82) is 0 Å². The van der Waals surface area contributed by atoms with Gasteiger partial charge < -0.3 is 9.88 Å². The molecule has 88 valence electrons. The van der Waals surface area contributed by atoms with Crippen LogP contribution in [0.4, 0.5) is 0 Å². The molecule has 0 spiro atoms. The molecule has 1 aliphatic heterocycles. The van der Waals surface area contributed by atoms with Gasteiger partial charge in [0.2, 0.25) is 0 Å². The highest BCUT2D eigenvalue weighted by Crippen LogP contribution is 2.41. The molecule has 0 radical (unpaired) electrons. The first-order valence-electron chi connectivity index (χ1n) is 5.89. The maximum atomic E-state index is 6.02. The zero-order chi connectivity index (χ0) is 11.4. The molecule has 5 nitrogen and oxygen atoms in total. The predicted octanol–water partition coefficient (Wildman–Crippen LogP) is 1.40. The molecule has 6 heteroatoms. The van der Waals surface area contributed by atoms with Crippen LogP contribution < -0.4 is 5.32 Å². The monoisotopic (exact) mass is 249 g/mol. The number of nitrogens with one attached hydrogen (secondary N) is 1. The first kappa shape index (κ1) is 9.79. The van der Waals surface area contributed by atoms with Crippen molar-refractivity contribution in [3.05, 3.63) is 17.8 Å². The van der Waals surface area contributed by atoms with Gasteiger partial charge in [0.05, 0.1) is 6.33 Å². The number of imidazole rings is 1. The quantitative estimate of drug-likeness (QED) is 0.777. The molecule has 3 atom stereocenters. The number of rotatable bonds is 1. The molecule has 2 aromatic heterocycles. The molecule has 2 aromatic rings. The summed E-state index contributed by atoms with van der Waals surface area (Å²) in [6, 6.07) is 1.18. The van der Waals surface area contributed by atoms with Gasteiger partial charge in [0.25, 0.3) is 0 Å². The highest BCUT2D eigenvalue weighted by Gasteiger charge is 2.40. The lowest BCUT2D eigenvalue weighted by Crippen LogP contribution is -2.30. The van der Waals surface area contributed by atoms with Gasteiger partial charge in [-0.25, -0.2) is 15.0 Å². The van der Waals surface area contributed by atoms with Crippen molar-refractivity contribution in [3.63, 3.8) is 0 Å². The summed E-state index contributed by atoms with van der Waals surface area (Å²) in [6.45, 7) is 1.10. The molecule has 1 N–H and O–H groups in total. The summed E-state index contributed by atoms with van der Waals surface area (Å²) in [5.74, 6) is 0.700. The summed E-state index contributed by atoms with van der Waals surface area (Å²) in [7, 11) is 0. The number of hydrogen-bond donors (Lipinski definition) is 1. The molecule has 2 fully saturated rings. The molecule has 1 saturated heterocycles. The molecule has 3 heterocycles. The Morgan fingerprint density at radius 3 is 3.00 bits per heavy atom. The first-order chi connectivity index (χ1) is 8.33. The van der Waals surface area contributed by atoms with E-state index >= 15 is 0 Å². The fraction of sp³-hybridized carbons (Fsp3) is 0.545. The normalized spacial score (nSPS) is 31.5. The Bertz CT molecular complexity index is 580. The van der Waals surface area contributed by atoms with Gasteiger partial charge in [-0.2, -0.15) is 0 Å². The molecular weight excluding hydrogens is 238 g/mol. The van der Waals surface area contributed by atoms with E-state index in [0.717, 1.165) is 18.6 Å². The van der Waals surface area contributed by atoms with Crippen molar-refractivity contribution in [2.75, 3.05) is 6.54 Å². The second kappa shape index (κ2) is 3.40. The Morgan fingerprint density at radius 1 is 1.29 bits per heavy atom. The van der Waals surface area contributed by atoms with Crippen molar-refractivity contribution >= 4 is 22.8 Å². The van der Waals surface area contributed by atoms with Crippen molar-refractivity contribution in [1.82, 2.24) is 24.8 Å². The summed E-state index contributed by atoms with van der Waals surface area (Å²) in [5, 5.41) is 3.95. The van der Waals surface area contributed by atoms with Crippen LogP contribution in [0.15, 0.2) is 12.7 Å². The molecule has 2 bridgehead atoms. The molecule has 2 aliphatic rings. The zero-order valence-electron chi connectivity index (χ0n) is 9.17. The number of piperidine rings is 1. The third-order valence-electron chi connectivity index (χ3n) is 4.00. The Kier molecular flexibility index (Phi) is 1.96. The summed E-state index contributed by atoms with van der Waals surface area (Å²) < 4.78 is 2.17. The fourth-order valence-electron chi connectivity index (χ4n) is 3.21. The second-order valence-corrected chi connectivity index (χ2v) is 5.25. The minimum Gasteiger partial charge on any atom is -0.314 e. The molecule has 1 unspecified atom stereocenters. The lowest BCUT2D eigenvalue weighted by molar-refractivity contribution is 0.351. The summed E-state index contributed by atoms with van der Waals surface area (Å²) in [6.07, 6.45) is 5.80. The van der Waals surface area contributed by atoms with E-state index in [-0.39, 0.29) is 0 Å². The average molecular weight is 250 g/mol. The van der Waals surface area contributed by atoms with Gasteiger partial charge in [0.1, 0.15) is 11.8 Å². The van der Waals surface area contributed by atoms with Crippen molar-refractivity contribution in [3.8, 4) is 0 Å². The van der Waals surface area contributed by atoms with E-state index in [1.807, 2.05) is 6.33 Å². The third-order valence-corrected chi connectivity index (χ3v) is 4.27. The van der Waals surface area contributed by atoms with Gasteiger partial charge in [0, 0.05) is 18.6 Å². The van der Waals surface area contributed by atoms with Crippen LogP contribution in [0.5, 0.6) is 0 Å². The van der Waals surface area contributed by atoms with Crippen molar-refractivity contribution in [2.24, 2.45) is 5.92 Å². The Labute approximate surface area is 103 Å². The second-order valence-electron chi connectivity index (χ2n) is 4.89. The SMILES string of the molecule is Clc1ncnc2c1ncn2C1C[C@H]2C[C@@H]1CN2. The van der Waals surface area contributed by atoms with Crippen LogP contribution in [-0.4, -0.2) is 32.1 Å². The van der Waals surface area contributed by atoms with Gasteiger partial charge >= 0.3 is 0 Å². The van der Waals surface area contributed by atoms with Gasteiger partial charge in [0.15, 0.2) is 10.8 Å². The topological polar surface area (TPSA) is 55.6 Å². The minimum absolute atomic E-state index is 0.440. The van der Waals surface area contributed by atoms with Gasteiger partial charge in [-0.05, 0) is 18.8 Å². The smallest absolute Gasteiger partial charge is 0.165 e. The number of aromatic nitrogens is 4. The van der Waals surface area contributed by atoms with Gasteiger partial charge in [-0.1, -0.05) is 11.6 Å². The van der Waals surface area contributed by atoms with Crippen LogP contribution in [0.25, 0.3) is 11.2 Å². The minimum atomic E-state index is 0.440. The van der Waals surface area contributed by atoms with Crippen LogP contribution >= 0.6 is 11.6 Å². The predicted molar refractivity (Wildman–Crippen MR) is 63.9 cm³/mol. The van der Waals surface area contributed by atoms with E-state index in [1.54, 1.807) is 0 Å². The maximum absolute atomic E-state index is 6.02. The summed E-state index contributed by atoms with van der Waals surface area (Å²) in [5.41, 5.74) is 1.58. The first-order valence-corrected chi connectivity index (χ1v) is 6.27. The van der Waals surface area contributed by atoms with Crippen LogP contribution in [0.1, 0.15) is 18.9 Å². The average Bonchev–Trinajstić information content (AvgIpc) is 3.03. The number of nitrogens with zero attached hydrogens (tertiary/aromatic N) is 4. The maximum Gasteiger partial charge on any atom is 0.165 e. The van der Waals surface area contributed by atoms with E-state index < -0.39 is 0 Å². The zero-order valence-corrected chi connectivity index (χ0v) is 9.93. The third kappa shape index (κ3) is 1.32. The molecule has 1 aliphatic carbocycles. The van der Waals surface area contributed by atoms with Crippen LogP contribution in [0.2, 0.25) is 5.15 Å². The number of halogens is 1. The van der Waals surface area contributed by atoms with Crippen LogP contribution in [0, 0.1) is 5.92 Å². The molecule has 0 amide bonds. The highest BCUT2D eigenvalue weighted by molar-refractivity contribution is 6.33. The van der Waals surface area contributed by atoms with Crippen molar-refractivity contribution in [2.45, 2.75) is 24.9 Å². The van der Waals surface area contributed by atoms with E-state index in [9.17, 15) is 0 Å². The molecule has 0 aromatic carbocycles.